The number of benzene rings is 1. The minimum absolute atomic E-state index is 0.0110. The summed E-state index contributed by atoms with van der Waals surface area (Å²) >= 11 is 0. The van der Waals surface area contributed by atoms with Gasteiger partial charge in [0.05, 0.1) is 31.1 Å². The van der Waals surface area contributed by atoms with Gasteiger partial charge in [-0.25, -0.2) is 0 Å². The number of carbonyl (C=O) groups is 4. The number of esters is 1. The number of anilines is 1. The maximum absolute atomic E-state index is 12.6. The van der Waals surface area contributed by atoms with Crippen molar-refractivity contribution in [3.8, 4) is 5.75 Å². The third-order valence-corrected chi connectivity index (χ3v) is 6.30. The van der Waals surface area contributed by atoms with Gasteiger partial charge in [0.15, 0.2) is 6.61 Å². The summed E-state index contributed by atoms with van der Waals surface area (Å²) in [5, 5.41) is 2.61. The van der Waals surface area contributed by atoms with Crippen LogP contribution in [-0.2, 0) is 23.9 Å². The van der Waals surface area contributed by atoms with Crippen molar-refractivity contribution in [1.82, 2.24) is 4.90 Å². The van der Waals surface area contributed by atoms with Crippen LogP contribution in [0.3, 0.4) is 0 Å². The molecule has 4 atom stereocenters. The lowest BCUT2D eigenvalue weighted by Crippen LogP contribution is -2.35. The fraction of sp³-hybridized carbons (Fsp3) is 0.524. The lowest BCUT2D eigenvalue weighted by Gasteiger charge is -2.19. The van der Waals surface area contributed by atoms with Crippen LogP contribution in [0.1, 0.15) is 25.7 Å². The molecule has 1 N–H and O–H groups in total. The van der Waals surface area contributed by atoms with E-state index in [1.54, 1.807) is 24.3 Å². The number of hydrogen-bond donors (Lipinski definition) is 1. The highest BCUT2D eigenvalue weighted by atomic mass is 16.5. The summed E-state index contributed by atoms with van der Waals surface area (Å²) in [6, 6.07) is 6.89. The molecule has 1 saturated heterocycles. The topological polar surface area (TPSA) is 102 Å². The molecule has 4 rings (SSSR count). The number of likely N-dealkylation sites (tertiary alicyclic amines) is 1. The SMILES string of the molecule is COc1ccccc1NC(=O)COC(=O)CCN1C(=O)[C@H]2[C@@H]3CC[C@@H](C3)[C@@H]2C1=O. The number of nitrogens with zero attached hydrogens (tertiary/aromatic N) is 1. The van der Waals surface area contributed by atoms with Gasteiger partial charge in [-0.2, -0.15) is 0 Å². The second-order valence-corrected chi connectivity index (χ2v) is 7.87. The highest BCUT2D eigenvalue weighted by Gasteiger charge is 2.60. The first-order valence-electron chi connectivity index (χ1n) is 9.93. The second kappa shape index (κ2) is 7.85. The van der Waals surface area contributed by atoms with Crippen molar-refractivity contribution < 1.29 is 28.7 Å². The molecule has 2 aliphatic carbocycles. The number of para-hydroxylation sites is 2. The Kier molecular flexibility index (Phi) is 5.25. The van der Waals surface area contributed by atoms with Gasteiger partial charge in [-0.15, -0.1) is 0 Å². The van der Waals surface area contributed by atoms with Gasteiger partial charge in [-0.05, 0) is 43.2 Å². The second-order valence-electron chi connectivity index (χ2n) is 7.87. The van der Waals surface area contributed by atoms with E-state index >= 15 is 0 Å². The summed E-state index contributed by atoms with van der Waals surface area (Å²) in [6.45, 7) is -0.439. The lowest BCUT2D eigenvalue weighted by molar-refractivity contribution is -0.149. The van der Waals surface area contributed by atoms with Crippen molar-refractivity contribution in [2.24, 2.45) is 23.7 Å². The van der Waals surface area contributed by atoms with E-state index in [2.05, 4.69) is 5.32 Å². The standard InChI is InChI=1S/C21H24N2O6/c1-28-15-5-3-2-4-14(15)22-16(24)11-29-17(25)8-9-23-20(26)18-12-6-7-13(10-12)19(18)21(23)27/h2-5,12-13,18-19H,6-11H2,1H3,(H,22,24)/t12-,13+,18-,19-/m0/s1. The third kappa shape index (κ3) is 3.59. The number of rotatable bonds is 7. The first-order chi connectivity index (χ1) is 14.0. The van der Waals surface area contributed by atoms with Crippen LogP contribution in [0.15, 0.2) is 24.3 Å². The van der Waals surface area contributed by atoms with E-state index in [1.165, 1.54) is 12.0 Å². The van der Waals surface area contributed by atoms with Crippen molar-refractivity contribution in [2.45, 2.75) is 25.7 Å². The van der Waals surface area contributed by atoms with Gasteiger partial charge in [-0.3, -0.25) is 24.1 Å². The molecule has 1 aromatic rings. The molecule has 0 radical (unpaired) electrons. The summed E-state index contributed by atoms with van der Waals surface area (Å²) in [5.41, 5.74) is 0.477. The molecule has 3 fully saturated rings. The molecule has 0 unspecified atom stereocenters. The smallest absolute Gasteiger partial charge is 0.308 e. The average molecular weight is 400 g/mol. The largest absolute Gasteiger partial charge is 0.495 e. The van der Waals surface area contributed by atoms with Gasteiger partial charge < -0.3 is 14.8 Å². The molecule has 3 aliphatic rings. The minimum atomic E-state index is -0.624. The fourth-order valence-electron chi connectivity index (χ4n) is 5.05. The number of fused-ring (bicyclic) bond motifs is 5. The summed E-state index contributed by atoms with van der Waals surface area (Å²) in [4.78, 5) is 50.4. The predicted molar refractivity (Wildman–Crippen MR) is 102 cm³/mol. The maximum Gasteiger partial charge on any atom is 0.308 e. The van der Waals surface area contributed by atoms with E-state index in [9.17, 15) is 19.2 Å². The van der Waals surface area contributed by atoms with Crippen LogP contribution in [-0.4, -0.2) is 48.9 Å². The van der Waals surface area contributed by atoms with E-state index in [0.29, 0.717) is 23.3 Å². The summed E-state index contributed by atoms with van der Waals surface area (Å²) < 4.78 is 10.1. The zero-order valence-electron chi connectivity index (χ0n) is 16.3. The number of amides is 3. The van der Waals surface area contributed by atoms with Crippen LogP contribution in [0.25, 0.3) is 0 Å². The lowest BCUT2D eigenvalue weighted by atomic mass is 9.81. The highest BCUT2D eigenvalue weighted by Crippen LogP contribution is 2.56. The molecule has 1 aromatic carbocycles. The van der Waals surface area contributed by atoms with Crippen molar-refractivity contribution >= 4 is 29.4 Å². The Morgan fingerprint density at radius 1 is 1.10 bits per heavy atom. The highest BCUT2D eigenvalue weighted by molar-refractivity contribution is 6.06. The molecule has 2 saturated carbocycles. The van der Waals surface area contributed by atoms with Gasteiger partial charge in [-0.1, -0.05) is 12.1 Å². The van der Waals surface area contributed by atoms with E-state index in [0.717, 1.165) is 19.3 Å². The Morgan fingerprint density at radius 3 is 2.41 bits per heavy atom. The maximum atomic E-state index is 12.6. The van der Waals surface area contributed by atoms with Gasteiger partial charge in [0, 0.05) is 6.54 Å². The van der Waals surface area contributed by atoms with Crippen LogP contribution >= 0.6 is 0 Å². The number of nitrogens with one attached hydrogen (secondary N) is 1. The monoisotopic (exact) mass is 400 g/mol. The summed E-state index contributed by atoms with van der Waals surface area (Å²) in [6.07, 6.45) is 2.89. The minimum Gasteiger partial charge on any atom is -0.495 e. The third-order valence-electron chi connectivity index (χ3n) is 6.30. The number of ether oxygens (including phenoxy) is 2. The number of carbonyl (C=O) groups excluding carboxylic acids is 4. The normalized spacial score (nSPS) is 27.1. The molecule has 0 aromatic heterocycles. The quantitative estimate of drug-likeness (QED) is 0.551. The average Bonchev–Trinajstić information content (AvgIpc) is 3.40. The van der Waals surface area contributed by atoms with Crippen LogP contribution in [0.2, 0.25) is 0 Å². The molecular weight excluding hydrogens is 376 g/mol. The molecule has 154 valence electrons. The molecule has 8 heteroatoms. The van der Waals surface area contributed by atoms with Crippen LogP contribution in [0.5, 0.6) is 5.75 Å². The van der Waals surface area contributed by atoms with E-state index in [4.69, 9.17) is 9.47 Å². The first kappa shape index (κ1) is 19.4. The van der Waals surface area contributed by atoms with Crippen LogP contribution in [0, 0.1) is 23.7 Å². The molecule has 3 amide bonds. The Hall–Kier alpha value is -2.90. The van der Waals surface area contributed by atoms with Gasteiger partial charge in [0.25, 0.3) is 5.91 Å². The molecule has 1 aliphatic heterocycles. The predicted octanol–water partition coefficient (Wildman–Crippen LogP) is 1.60. The van der Waals surface area contributed by atoms with Crippen LogP contribution in [0.4, 0.5) is 5.69 Å². The molecular formula is C21H24N2O6. The van der Waals surface area contributed by atoms with E-state index in [1.807, 2.05) is 0 Å². The molecule has 8 nitrogen and oxygen atoms in total. The first-order valence-corrected chi connectivity index (χ1v) is 9.93. The molecule has 1 heterocycles. The number of methoxy groups -OCH3 is 1. The Balaban J connectivity index is 1.24. The Bertz CT molecular complexity index is 825. The molecule has 2 bridgehead atoms. The molecule has 29 heavy (non-hydrogen) atoms. The number of hydrogen-bond acceptors (Lipinski definition) is 6. The van der Waals surface area contributed by atoms with E-state index < -0.39 is 18.5 Å². The Morgan fingerprint density at radius 2 is 1.76 bits per heavy atom. The summed E-state index contributed by atoms with van der Waals surface area (Å²) in [5.74, 6) is -0.661. The van der Waals surface area contributed by atoms with Crippen molar-refractivity contribution in [2.75, 3.05) is 25.6 Å². The van der Waals surface area contributed by atoms with Gasteiger partial charge in [0.1, 0.15) is 5.75 Å². The zero-order valence-corrected chi connectivity index (χ0v) is 16.3. The Labute approximate surface area is 168 Å². The van der Waals surface area contributed by atoms with Crippen molar-refractivity contribution in [1.29, 1.82) is 0 Å². The molecule has 0 spiro atoms. The van der Waals surface area contributed by atoms with Crippen molar-refractivity contribution in [3.05, 3.63) is 24.3 Å². The zero-order chi connectivity index (χ0) is 20.5. The van der Waals surface area contributed by atoms with Gasteiger partial charge in [0.2, 0.25) is 11.8 Å². The fourth-order valence-corrected chi connectivity index (χ4v) is 5.05. The number of imide groups is 1. The van der Waals surface area contributed by atoms with Crippen molar-refractivity contribution in [3.63, 3.8) is 0 Å². The van der Waals surface area contributed by atoms with E-state index in [-0.39, 0.29) is 36.6 Å². The van der Waals surface area contributed by atoms with Crippen LogP contribution < -0.4 is 10.1 Å². The van der Waals surface area contributed by atoms with Gasteiger partial charge >= 0.3 is 5.97 Å². The summed E-state index contributed by atoms with van der Waals surface area (Å²) in [7, 11) is 1.49.